The highest BCUT2D eigenvalue weighted by Gasteiger charge is 2.27. The van der Waals surface area contributed by atoms with Crippen LogP contribution in [0.1, 0.15) is 5.56 Å². The number of hydrogen-bond donors (Lipinski definition) is 1. The van der Waals surface area contributed by atoms with Crippen molar-refractivity contribution in [3.63, 3.8) is 0 Å². The lowest BCUT2D eigenvalue weighted by Gasteiger charge is -2.30. The number of nitrogens with zero attached hydrogens (tertiary/aromatic N) is 1. The maximum atomic E-state index is 14.1. The average Bonchev–Trinajstić information content (AvgIpc) is 2.81. The van der Waals surface area contributed by atoms with Crippen LogP contribution in [0, 0.1) is 5.82 Å². The van der Waals surface area contributed by atoms with Crippen molar-refractivity contribution in [1.29, 1.82) is 0 Å². The largest absolute Gasteiger partial charge is 0.497 e. The molecule has 1 aliphatic heterocycles. The number of fused-ring (bicyclic) bond motifs is 1. The Morgan fingerprint density at radius 2 is 1.91 bits per heavy atom. The highest BCUT2D eigenvalue weighted by atomic mass is 19.1. The van der Waals surface area contributed by atoms with E-state index in [-0.39, 0.29) is 31.6 Å². The molecule has 164 valence electrons. The molecule has 2 amide bonds. The van der Waals surface area contributed by atoms with Crippen LogP contribution in [0.3, 0.4) is 0 Å². The number of hydrogen-bond acceptors (Lipinski definition) is 5. The van der Waals surface area contributed by atoms with Gasteiger partial charge in [-0.2, -0.15) is 0 Å². The first kappa shape index (κ1) is 21.2. The zero-order chi connectivity index (χ0) is 22.5. The second-order valence-corrected chi connectivity index (χ2v) is 7.06. The summed E-state index contributed by atoms with van der Waals surface area (Å²) in [7, 11) is 1.55. The van der Waals surface area contributed by atoms with E-state index in [2.05, 4.69) is 5.32 Å². The van der Waals surface area contributed by atoms with E-state index in [1.165, 1.54) is 11.0 Å². The number of rotatable bonds is 7. The molecule has 1 aliphatic rings. The molecule has 0 aliphatic carbocycles. The highest BCUT2D eigenvalue weighted by Crippen LogP contribution is 2.35. The summed E-state index contributed by atoms with van der Waals surface area (Å²) in [6, 6.07) is 18.2. The minimum atomic E-state index is -0.396. The molecule has 4 rings (SSSR count). The predicted molar refractivity (Wildman–Crippen MR) is 117 cm³/mol. The highest BCUT2D eigenvalue weighted by molar-refractivity contribution is 5.99. The molecule has 0 aromatic heterocycles. The lowest BCUT2D eigenvalue weighted by molar-refractivity contribution is -0.121. The fourth-order valence-electron chi connectivity index (χ4n) is 3.29. The zero-order valence-corrected chi connectivity index (χ0v) is 17.3. The summed E-state index contributed by atoms with van der Waals surface area (Å²) in [5, 5.41) is 2.74. The molecule has 0 saturated carbocycles. The minimum absolute atomic E-state index is 0.0538. The third-order valence-corrected chi connectivity index (χ3v) is 4.88. The molecule has 3 aromatic rings. The Kier molecular flexibility index (Phi) is 6.21. The van der Waals surface area contributed by atoms with Gasteiger partial charge < -0.3 is 24.4 Å². The molecule has 8 heteroatoms. The number of nitrogens with one attached hydrogen (secondary N) is 1. The van der Waals surface area contributed by atoms with Crippen molar-refractivity contribution in [2.24, 2.45) is 0 Å². The maximum Gasteiger partial charge on any atom is 0.265 e. The van der Waals surface area contributed by atoms with Gasteiger partial charge in [-0.3, -0.25) is 9.59 Å². The van der Waals surface area contributed by atoms with Crippen molar-refractivity contribution >= 4 is 23.2 Å². The van der Waals surface area contributed by atoms with Crippen molar-refractivity contribution in [3.8, 4) is 17.2 Å². The van der Waals surface area contributed by atoms with Crippen LogP contribution in [0.2, 0.25) is 0 Å². The Morgan fingerprint density at radius 3 is 2.72 bits per heavy atom. The van der Waals surface area contributed by atoms with E-state index < -0.39 is 5.82 Å². The Bertz CT molecular complexity index is 1150. The summed E-state index contributed by atoms with van der Waals surface area (Å²) < 4.78 is 30.2. The maximum absolute atomic E-state index is 14.1. The molecule has 0 spiro atoms. The lowest BCUT2D eigenvalue weighted by atomic mass is 10.1. The molecule has 1 heterocycles. The summed E-state index contributed by atoms with van der Waals surface area (Å²) in [5.74, 6) is 0.526. The molecule has 32 heavy (non-hydrogen) atoms. The Labute approximate surface area is 184 Å². The number of benzene rings is 3. The second kappa shape index (κ2) is 9.38. The van der Waals surface area contributed by atoms with E-state index in [1.54, 1.807) is 67.8 Å². The van der Waals surface area contributed by atoms with Crippen LogP contribution < -0.4 is 24.4 Å². The van der Waals surface area contributed by atoms with Crippen LogP contribution in [0.15, 0.2) is 66.7 Å². The molecule has 0 bridgehead atoms. The van der Waals surface area contributed by atoms with E-state index in [0.29, 0.717) is 34.2 Å². The second-order valence-electron chi connectivity index (χ2n) is 7.06. The predicted octanol–water partition coefficient (Wildman–Crippen LogP) is 3.78. The molecule has 0 unspecified atom stereocenters. The van der Waals surface area contributed by atoms with Gasteiger partial charge in [-0.1, -0.05) is 24.3 Å². The molecule has 7 nitrogen and oxygen atoms in total. The number of halogens is 1. The van der Waals surface area contributed by atoms with Gasteiger partial charge in [-0.05, 0) is 36.4 Å². The SMILES string of the molecule is COc1cccc(OCC(=O)Nc2ccc3c(c2)N(Cc2ccccc2F)C(=O)CO3)c1. The smallest absolute Gasteiger partial charge is 0.265 e. The number of carbonyl (C=O) groups excluding carboxylic acids is 2. The summed E-state index contributed by atoms with van der Waals surface area (Å²) in [5.41, 5.74) is 1.30. The van der Waals surface area contributed by atoms with Gasteiger partial charge >= 0.3 is 0 Å². The standard InChI is InChI=1S/C24H21FN2O5/c1-30-18-6-4-7-19(12-18)31-14-23(28)26-17-9-10-22-21(11-17)27(24(29)15-32-22)13-16-5-2-3-8-20(16)25/h2-12H,13-15H2,1H3,(H,26,28). The van der Waals surface area contributed by atoms with E-state index in [4.69, 9.17) is 14.2 Å². The van der Waals surface area contributed by atoms with Crippen molar-refractivity contribution in [2.75, 3.05) is 30.5 Å². The van der Waals surface area contributed by atoms with Gasteiger partial charge in [0.15, 0.2) is 13.2 Å². The Balaban J connectivity index is 1.47. The van der Waals surface area contributed by atoms with Crippen LogP contribution in [0.25, 0.3) is 0 Å². The van der Waals surface area contributed by atoms with Crippen LogP contribution >= 0.6 is 0 Å². The lowest BCUT2D eigenvalue weighted by Crippen LogP contribution is -2.38. The van der Waals surface area contributed by atoms with Gasteiger partial charge in [0.05, 0.1) is 19.3 Å². The van der Waals surface area contributed by atoms with Crippen LogP contribution in [-0.4, -0.2) is 32.1 Å². The Morgan fingerprint density at radius 1 is 1.09 bits per heavy atom. The number of ether oxygens (including phenoxy) is 3. The van der Waals surface area contributed by atoms with Crippen molar-refractivity contribution in [3.05, 3.63) is 78.1 Å². The first-order valence-corrected chi connectivity index (χ1v) is 9.91. The van der Waals surface area contributed by atoms with Crippen molar-refractivity contribution in [2.45, 2.75) is 6.54 Å². The van der Waals surface area contributed by atoms with Gasteiger partial charge in [-0.15, -0.1) is 0 Å². The molecule has 3 aromatic carbocycles. The van der Waals surface area contributed by atoms with E-state index in [0.717, 1.165) is 0 Å². The molecule has 0 fully saturated rings. The van der Waals surface area contributed by atoms with Gasteiger partial charge in [0, 0.05) is 17.3 Å². The first-order valence-electron chi connectivity index (χ1n) is 9.91. The summed E-state index contributed by atoms with van der Waals surface area (Å²) in [6.45, 7) is -0.293. The monoisotopic (exact) mass is 436 g/mol. The van der Waals surface area contributed by atoms with Crippen molar-refractivity contribution in [1.82, 2.24) is 0 Å². The summed E-state index contributed by atoms with van der Waals surface area (Å²) >= 11 is 0. The number of carbonyl (C=O) groups is 2. The zero-order valence-electron chi connectivity index (χ0n) is 17.3. The Hall–Kier alpha value is -4.07. The molecule has 0 atom stereocenters. The average molecular weight is 436 g/mol. The minimum Gasteiger partial charge on any atom is -0.497 e. The third-order valence-electron chi connectivity index (χ3n) is 4.88. The molecule has 0 radical (unpaired) electrons. The number of methoxy groups -OCH3 is 1. The molecule has 1 N–H and O–H groups in total. The van der Waals surface area contributed by atoms with Crippen LogP contribution in [0.5, 0.6) is 17.2 Å². The van der Waals surface area contributed by atoms with E-state index in [1.807, 2.05) is 0 Å². The van der Waals surface area contributed by atoms with Gasteiger partial charge in [0.2, 0.25) is 0 Å². The number of amides is 2. The van der Waals surface area contributed by atoms with E-state index >= 15 is 0 Å². The number of anilines is 2. The van der Waals surface area contributed by atoms with Crippen molar-refractivity contribution < 1.29 is 28.2 Å². The quantitative estimate of drug-likeness (QED) is 0.610. The van der Waals surface area contributed by atoms with Gasteiger partial charge in [0.1, 0.15) is 23.1 Å². The third kappa shape index (κ3) is 4.80. The van der Waals surface area contributed by atoms with Gasteiger partial charge in [0.25, 0.3) is 11.8 Å². The molecule has 0 saturated heterocycles. The van der Waals surface area contributed by atoms with Crippen LogP contribution in [0.4, 0.5) is 15.8 Å². The van der Waals surface area contributed by atoms with Gasteiger partial charge in [-0.25, -0.2) is 4.39 Å². The topological polar surface area (TPSA) is 77.1 Å². The fraction of sp³-hybridized carbons (Fsp3) is 0.167. The molecular weight excluding hydrogens is 415 g/mol. The summed E-state index contributed by atoms with van der Waals surface area (Å²) in [4.78, 5) is 26.3. The normalized spacial score (nSPS) is 12.6. The summed E-state index contributed by atoms with van der Waals surface area (Å²) in [6.07, 6.45) is 0. The first-order chi connectivity index (χ1) is 15.5. The fourth-order valence-corrected chi connectivity index (χ4v) is 3.29. The van der Waals surface area contributed by atoms with Crippen LogP contribution in [-0.2, 0) is 16.1 Å². The molecular formula is C24H21FN2O5. The van der Waals surface area contributed by atoms with E-state index in [9.17, 15) is 14.0 Å².